The van der Waals surface area contributed by atoms with E-state index < -0.39 is 0 Å². The van der Waals surface area contributed by atoms with Crippen molar-refractivity contribution in [2.24, 2.45) is 0 Å². The van der Waals surface area contributed by atoms with E-state index in [1.54, 1.807) is 18.2 Å². The third kappa shape index (κ3) is 2.57. The summed E-state index contributed by atoms with van der Waals surface area (Å²) >= 11 is 0. The van der Waals surface area contributed by atoms with Crippen molar-refractivity contribution in [3.05, 3.63) is 77.7 Å². The van der Waals surface area contributed by atoms with Gasteiger partial charge in [-0.05, 0) is 29.8 Å². The predicted molar refractivity (Wildman–Crippen MR) is 76.2 cm³/mol. The fourth-order valence-corrected chi connectivity index (χ4v) is 2.14. The standard InChI is InChI=1S/C17H12FNO/c18-14-6-3-4-12(10-14)11-17(20)16-9-8-13-5-1-2-7-15(13)19-16/h1-10H,11H2. The first-order valence-electron chi connectivity index (χ1n) is 6.36. The van der Waals surface area contributed by atoms with Gasteiger partial charge >= 0.3 is 0 Å². The second kappa shape index (κ2) is 5.21. The lowest BCUT2D eigenvalue weighted by molar-refractivity contribution is 0.0988. The fourth-order valence-electron chi connectivity index (χ4n) is 2.14. The Morgan fingerprint density at radius 1 is 1.00 bits per heavy atom. The molecule has 0 N–H and O–H groups in total. The van der Waals surface area contributed by atoms with Gasteiger partial charge in [-0.25, -0.2) is 9.37 Å². The molecule has 0 saturated heterocycles. The van der Waals surface area contributed by atoms with Crippen LogP contribution in [0.4, 0.5) is 4.39 Å². The molecule has 98 valence electrons. The van der Waals surface area contributed by atoms with Gasteiger partial charge in [-0.1, -0.05) is 36.4 Å². The molecular weight excluding hydrogens is 253 g/mol. The molecule has 0 aliphatic heterocycles. The smallest absolute Gasteiger partial charge is 0.185 e. The number of fused-ring (bicyclic) bond motifs is 1. The number of para-hydroxylation sites is 1. The van der Waals surface area contributed by atoms with E-state index in [9.17, 15) is 9.18 Å². The van der Waals surface area contributed by atoms with E-state index in [-0.39, 0.29) is 18.0 Å². The van der Waals surface area contributed by atoms with Crippen LogP contribution in [0.15, 0.2) is 60.7 Å². The molecule has 1 heterocycles. The number of nitrogens with zero attached hydrogens (tertiary/aromatic N) is 1. The minimum atomic E-state index is -0.332. The van der Waals surface area contributed by atoms with Crippen LogP contribution in [-0.4, -0.2) is 10.8 Å². The molecule has 0 amide bonds. The van der Waals surface area contributed by atoms with Crippen molar-refractivity contribution in [1.82, 2.24) is 4.98 Å². The van der Waals surface area contributed by atoms with Gasteiger partial charge in [-0.2, -0.15) is 0 Å². The van der Waals surface area contributed by atoms with Gasteiger partial charge in [0.15, 0.2) is 5.78 Å². The highest BCUT2D eigenvalue weighted by molar-refractivity contribution is 5.97. The number of aromatic nitrogens is 1. The van der Waals surface area contributed by atoms with Gasteiger partial charge in [0.05, 0.1) is 5.52 Å². The maximum absolute atomic E-state index is 13.1. The molecule has 0 radical (unpaired) electrons. The monoisotopic (exact) mass is 265 g/mol. The number of benzene rings is 2. The summed E-state index contributed by atoms with van der Waals surface area (Å²) in [5.41, 5.74) is 1.86. The van der Waals surface area contributed by atoms with Crippen LogP contribution in [0.2, 0.25) is 0 Å². The van der Waals surface area contributed by atoms with Crippen molar-refractivity contribution in [3.8, 4) is 0 Å². The lowest BCUT2D eigenvalue weighted by Gasteiger charge is -2.03. The Kier molecular flexibility index (Phi) is 3.25. The molecule has 0 bridgehead atoms. The van der Waals surface area contributed by atoms with Gasteiger partial charge in [0.25, 0.3) is 0 Å². The van der Waals surface area contributed by atoms with Crippen LogP contribution in [0, 0.1) is 5.82 Å². The number of hydrogen-bond donors (Lipinski definition) is 0. The summed E-state index contributed by atoms with van der Waals surface area (Å²) < 4.78 is 13.1. The van der Waals surface area contributed by atoms with Crippen molar-refractivity contribution >= 4 is 16.7 Å². The van der Waals surface area contributed by atoms with E-state index in [1.165, 1.54) is 12.1 Å². The number of hydrogen-bond acceptors (Lipinski definition) is 2. The van der Waals surface area contributed by atoms with Crippen LogP contribution in [0.1, 0.15) is 16.1 Å². The highest BCUT2D eigenvalue weighted by Crippen LogP contribution is 2.14. The number of halogens is 1. The summed E-state index contributed by atoms with van der Waals surface area (Å²) in [5, 5.41) is 0.995. The van der Waals surface area contributed by atoms with Crippen LogP contribution >= 0.6 is 0 Å². The molecular formula is C17H12FNO. The molecule has 0 aliphatic rings. The van der Waals surface area contributed by atoms with E-state index in [2.05, 4.69) is 4.98 Å². The summed E-state index contributed by atoms with van der Waals surface area (Å²) in [5.74, 6) is -0.442. The maximum atomic E-state index is 13.1. The quantitative estimate of drug-likeness (QED) is 0.674. The Hall–Kier alpha value is -2.55. The summed E-state index contributed by atoms with van der Waals surface area (Å²) in [4.78, 5) is 16.5. The number of carbonyl (C=O) groups excluding carboxylic acids is 1. The molecule has 3 rings (SSSR count). The molecule has 20 heavy (non-hydrogen) atoms. The Bertz CT molecular complexity index is 783. The van der Waals surface area contributed by atoms with E-state index in [1.807, 2.05) is 30.3 Å². The third-order valence-corrected chi connectivity index (χ3v) is 3.14. The Morgan fingerprint density at radius 2 is 1.85 bits per heavy atom. The van der Waals surface area contributed by atoms with Crippen LogP contribution in [0.5, 0.6) is 0 Å². The zero-order valence-electron chi connectivity index (χ0n) is 10.7. The first-order valence-corrected chi connectivity index (χ1v) is 6.36. The van der Waals surface area contributed by atoms with Gasteiger partial charge in [-0.15, -0.1) is 0 Å². The molecule has 2 aromatic carbocycles. The molecule has 3 heteroatoms. The van der Waals surface area contributed by atoms with Crippen molar-refractivity contribution in [1.29, 1.82) is 0 Å². The normalized spacial score (nSPS) is 10.7. The van der Waals surface area contributed by atoms with E-state index in [4.69, 9.17) is 0 Å². The van der Waals surface area contributed by atoms with E-state index in [0.717, 1.165) is 10.9 Å². The molecule has 2 nitrogen and oxygen atoms in total. The molecule has 0 atom stereocenters. The molecule has 3 aromatic rings. The molecule has 1 aromatic heterocycles. The zero-order chi connectivity index (χ0) is 13.9. The lowest BCUT2D eigenvalue weighted by atomic mass is 10.1. The summed E-state index contributed by atoms with van der Waals surface area (Å²) in [6, 6.07) is 17.3. The van der Waals surface area contributed by atoms with Gasteiger partial charge in [-0.3, -0.25) is 4.79 Å². The minimum Gasteiger partial charge on any atom is -0.292 e. The summed E-state index contributed by atoms with van der Waals surface area (Å²) in [6.07, 6.45) is 0.156. The van der Waals surface area contributed by atoms with E-state index in [0.29, 0.717) is 11.3 Å². The van der Waals surface area contributed by atoms with Crippen LogP contribution in [0.3, 0.4) is 0 Å². The summed E-state index contributed by atoms with van der Waals surface area (Å²) in [7, 11) is 0. The van der Waals surface area contributed by atoms with E-state index >= 15 is 0 Å². The third-order valence-electron chi connectivity index (χ3n) is 3.14. The minimum absolute atomic E-state index is 0.110. The molecule has 0 unspecified atom stereocenters. The van der Waals surface area contributed by atoms with Crippen molar-refractivity contribution < 1.29 is 9.18 Å². The van der Waals surface area contributed by atoms with Gasteiger partial charge in [0.1, 0.15) is 11.5 Å². The Balaban J connectivity index is 1.88. The maximum Gasteiger partial charge on any atom is 0.185 e. The molecule has 0 spiro atoms. The topological polar surface area (TPSA) is 30.0 Å². The highest BCUT2D eigenvalue weighted by Gasteiger charge is 2.09. The zero-order valence-corrected chi connectivity index (χ0v) is 10.7. The van der Waals surface area contributed by atoms with Crippen LogP contribution < -0.4 is 0 Å². The Labute approximate surface area is 115 Å². The van der Waals surface area contributed by atoms with Gasteiger partial charge < -0.3 is 0 Å². The number of carbonyl (C=O) groups is 1. The first-order chi connectivity index (χ1) is 9.72. The predicted octanol–water partition coefficient (Wildman–Crippen LogP) is 3.80. The molecule has 0 saturated carbocycles. The number of rotatable bonds is 3. The largest absolute Gasteiger partial charge is 0.292 e. The molecule has 0 fully saturated rings. The second-order valence-corrected chi connectivity index (χ2v) is 4.62. The average molecular weight is 265 g/mol. The second-order valence-electron chi connectivity index (χ2n) is 4.62. The van der Waals surface area contributed by atoms with Gasteiger partial charge in [0, 0.05) is 11.8 Å². The number of ketones is 1. The Morgan fingerprint density at radius 3 is 2.70 bits per heavy atom. The van der Waals surface area contributed by atoms with Crippen LogP contribution in [0.25, 0.3) is 10.9 Å². The first kappa shape index (κ1) is 12.5. The summed E-state index contributed by atoms with van der Waals surface area (Å²) in [6.45, 7) is 0. The van der Waals surface area contributed by atoms with Crippen molar-refractivity contribution in [3.63, 3.8) is 0 Å². The number of pyridine rings is 1. The lowest BCUT2D eigenvalue weighted by Crippen LogP contribution is -2.06. The highest BCUT2D eigenvalue weighted by atomic mass is 19.1. The van der Waals surface area contributed by atoms with Crippen LogP contribution in [-0.2, 0) is 6.42 Å². The van der Waals surface area contributed by atoms with Crippen molar-refractivity contribution in [2.75, 3.05) is 0 Å². The van der Waals surface area contributed by atoms with Crippen molar-refractivity contribution in [2.45, 2.75) is 6.42 Å². The number of Topliss-reactive ketones (excluding diaryl/α,β-unsaturated/α-hetero) is 1. The fraction of sp³-hybridized carbons (Fsp3) is 0.0588. The van der Waals surface area contributed by atoms with Gasteiger partial charge in [0.2, 0.25) is 0 Å². The SMILES string of the molecule is O=C(Cc1cccc(F)c1)c1ccc2ccccc2n1. The average Bonchev–Trinajstić information content (AvgIpc) is 2.47. The molecule has 0 aliphatic carbocycles.